The molecule has 27 heavy (non-hydrogen) atoms. The molecule has 2 aromatic carbocycles. The monoisotopic (exact) mass is 389 g/mol. The van der Waals surface area contributed by atoms with Crippen molar-refractivity contribution < 1.29 is 18.6 Å². The van der Waals surface area contributed by atoms with Crippen LogP contribution >= 0.6 is 11.6 Å². The number of aromatic amines is 3. The van der Waals surface area contributed by atoms with Crippen molar-refractivity contribution in [2.24, 2.45) is 0 Å². The smallest absolute Gasteiger partial charge is 0.305 e. The number of fused-ring (bicyclic) bond motifs is 1. The van der Waals surface area contributed by atoms with Gasteiger partial charge in [-0.05, 0) is 12.1 Å². The van der Waals surface area contributed by atoms with Crippen LogP contribution in [0.1, 0.15) is 10.4 Å². The minimum absolute atomic E-state index is 0.226. The minimum Gasteiger partial charge on any atom is -0.397 e. The van der Waals surface area contributed by atoms with Crippen molar-refractivity contribution in [1.29, 1.82) is 0 Å². The fourth-order valence-electron chi connectivity index (χ4n) is 2.69. The number of imidazole rings is 1. The van der Waals surface area contributed by atoms with Crippen LogP contribution in [0.25, 0.3) is 22.6 Å². The summed E-state index contributed by atoms with van der Waals surface area (Å²) in [5.74, 6) is -2.38. The van der Waals surface area contributed by atoms with Crippen molar-refractivity contribution in [2.45, 2.75) is 0 Å². The Morgan fingerprint density at radius 1 is 1.26 bits per heavy atom. The molecule has 0 atom stereocenters. The predicted octanol–water partition coefficient (Wildman–Crippen LogP) is 3.14. The van der Waals surface area contributed by atoms with E-state index in [9.17, 15) is 13.6 Å². The number of benzene rings is 2. The van der Waals surface area contributed by atoms with Crippen LogP contribution in [0.5, 0.6) is 0 Å². The third kappa shape index (κ3) is 2.97. The Labute approximate surface area is 155 Å². The topological polar surface area (TPSA) is 114 Å². The Morgan fingerprint density at radius 3 is 2.74 bits per heavy atom. The van der Waals surface area contributed by atoms with Crippen LogP contribution in [0.15, 0.2) is 36.5 Å². The minimum atomic E-state index is -0.958. The van der Waals surface area contributed by atoms with E-state index in [0.717, 1.165) is 12.1 Å². The highest BCUT2D eigenvalue weighted by Gasteiger charge is 2.23. The average Bonchev–Trinajstić information content (AvgIpc) is 3.21. The van der Waals surface area contributed by atoms with Crippen LogP contribution in [0.3, 0.4) is 0 Å². The number of nitrogens with two attached hydrogens (primary N) is 1. The second-order valence-electron chi connectivity index (χ2n) is 5.75. The Kier molecular flexibility index (Phi) is 4.00. The Bertz CT molecular complexity index is 1130. The maximum absolute atomic E-state index is 13.8. The Balaban J connectivity index is 1.70. The highest BCUT2D eigenvalue weighted by atomic mass is 35.5. The number of H-pyrrole nitrogens is 3. The van der Waals surface area contributed by atoms with E-state index < -0.39 is 23.1 Å². The molecule has 4 rings (SSSR count). The molecule has 0 saturated carbocycles. The van der Waals surface area contributed by atoms with Crippen molar-refractivity contribution in [2.75, 3.05) is 11.1 Å². The van der Waals surface area contributed by atoms with E-state index in [1.165, 1.54) is 12.3 Å². The molecule has 7 nitrogen and oxygen atoms in total. The first kappa shape index (κ1) is 17.0. The van der Waals surface area contributed by atoms with Gasteiger partial charge in [-0.3, -0.25) is 9.89 Å². The second-order valence-corrected chi connectivity index (χ2v) is 6.16. The molecule has 0 bridgehead atoms. The lowest BCUT2D eigenvalue weighted by Crippen LogP contribution is -2.16. The van der Waals surface area contributed by atoms with Gasteiger partial charge in [0.25, 0.3) is 5.91 Å². The molecule has 2 heterocycles. The number of carbonyl (C=O) groups excluding carboxylic acids is 1. The van der Waals surface area contributed by atoms with E-state index in [4.69, 9.17) is 17.3 Å². The summed E-state index contributed by atoms with van der Waals surface area (Å²) in [5, 5.41) is 9.43. The van der Waals surface area contributed by atoms with E-state index in [-0.39, 0.29) is 5.69 Å². The molecule has 4 aromatic rings. The predicted molar refractivity (Wildman–Crippen MR) is 96.2 cm³/mol. The SMILES string of the molecule is Nc1cc2[nH+]c(-c3[nH]ncc3NC(=O)c3c(F)cccc3F)[nH]c2cc1Cl. The number of amides is 1. The molecule has 10 heteroatoms. The number of nitrogens with zero attached hydrogens (tertiary/aromatic N) is 1. The number of rotatable bonds is 3. The molecule has 6 N–H and O–H groups in total. The fraction of sp³-hybridized carbons (Fsp3) is 0. The third-order valence-electron chi connectivity index (χ3n) is 3.98. The van der Waals surface area contributed by atoms with Gasteiger partial charge < -0.3 is 11.1 Å². The lowest BCUT2D eigenvalue weighted by Gasteiger charge is -2.05. The van der Waals surface area contributed by atoms with E-state index in [0.29, 0.717) is 33.3 Å². The van der Waals surface area contributed by atoms with Crippen molar-refractivity contribution >= 4 is 39.9 Å². The van der Waals surface area contributed by atoms with E-state index in [1.807, 2.05) is 0 Å². The van der Waals surface area contributed by atoms with Gasteiger partial charge in [0, 0.05) is 12.1 Å². The van der Waals surface area contributed by atoms with E-state index >= 15 is 0 Å². The zero-order chi connectivity index (χ0) is 19.1. The number of nitrogen functional groups attached to an aromatic ring is 1. The van der Waals surface area contributed by atoms with Gasteiger partial charge >= 0.3 is 5.82 Å². The third-order valence-corrected chi connectivity index (χ3v) is 4.31. The molecular weight excluding hydrogens is 378 g/mol. The lowest BCUT2D eigenvalue weighted by molar-refractivity contribution is -0.330. The van der Waals surface area contributed by atoms with Crippen LogP contribution in [0.2, 0.25) is 5.02 Å². The first-order valence-corrected chi connectivity index (χ1v) is 8.11. The molecule has 1 amide bonds. The zero-order valence-corrected chi connectivity index (χ0v) is 14.3. The number of anilines is 2. The molecule has 0 spiro atoms. The molecule has 0 aliphatic rings. The van der Waals surface area contributed by atoms with Crippen molar-refractivity contribution in [3.8, 4) is 11.5 Å². The molecule has 0 aliphatic heterocycles. The zero-order valence-electron chi connectivity index (χ0n) is 13.5. The molecule has 0 saturated heterocycles. The fourth-order valence-corrected chi connectivity index (χ4v) is 2.86. The lowest BCUT2D eigenvalue weighted by atomic mass is 10.2. The summed E-state index contributed by atoms with van der Waals surface area (Å²) in [5.41, 5.74) is 7.48. The first-order chi connectivity index (χ1) is 12.9. The van der Waals surface area contributed by atoms with Crippen LogP contribution < -0.4 is 16.0 Å². The van der Waals surface area contributed by atoms with Gasteiger partial charge in [0.05, 0.1) is 22.6 Å². The highest BCUT2D eigenvalue weighted by Crippen LogP contribution is 2.27. The van der Waals surface area contributed by atoms with Crippen molar-refractivity contribution in [3.05, 3.63) is 58.7 Å². The molecule has 0 fully saturated rings. The largest absolute Gasteiger partial charge is 0.397 e. The normalized spacial score (nSPS) is 11.1. The van der Waals surface area contributed by atoms with Crippen LogP contribution in [-0.4, -0.2) is 21.1 Å². The first-order valence-electron chi connectivity index (χ1n) is 7.73. The van der Waals surface area contributed by atoms with Gasteiger partial charge in [-0.15, -0.1) is 0 Å². The molecular formula is C17H12ClF2N6O+. The quantitative estimate of drug-likeness (QED) is 0.403. The van der Waals surface area contributed by atoms with Crippen molar-refractivity contribution in [3.63, 3.8) is 0 Å². The van der Waals surface area contributed by atoms with Gasteiger partial charge in [0.15, 0.2) is 16.7 Å². The van der Waals surface area contributed by atoms with Crippen LogP contribution in [0, 0.1) is 11.6 Å². The summed E-state index contributed by atoms with van der Waals surface area (Å²) < 4.78 is 27.6. The Hall–Kier alpha value is -3.46. The molecule has 0 unspecified atom stereocenters. The summed E-state index contributed by atoms with van der Waals surface area (Å²) in [4.78, 5) is 18.5. The molecule has 0 radical (unpaired) electrons. The van der Waals surface area contributed by atoms with Crippen LogP contribution in [-0.2, 0) is 0 Å². The number of hydrogen-bond donors (Lipinski definition) is 4. The van der Waals surface area contributed by atoms with Gasteiger partial charge in [-0.1, -0.05) is 17.7 Å². The maximum atomic E-state index is 13.8. The maximum Gasteiger partial charge on any atom is 0.305 e. The van der Waals surface area contributed by atoms with Crippen molar-refractivity contribution in [1.82, 2.24) is 15.2 Å². The van der Waals surface area contributed by atoms with E-state index in [2.05, 4.69) is 25.5 Å². The van der Waals surface area contributed by atoms with Gasteiger partial charge in [-0.2, -0.15) is 5.10 Å². The summed E-state index contributed by atoms with van der Waals surface area (Å²) in [6.07, 6.45) is 1.33. The summed E-state index contributed by atoms with van der Waals surface area (Å²) in [6, 6.07) is 6.50. The number of hydrogen-bond acceptors (Lipinski definition) is 3. The van der Waals surface area contributed by atoms with Gasteiger partial charge in [0.1, 0.15) is 17.2 Å². The van der Waals surface area contributed by atoms with Crippen LogP contribution in [0.4, 0.5) is 20.2 Å². The summed E-state index contributed by atoms with van der Waals surface area (Å²) >= 11 is 6.01. The standard InChI is InChI=1S/C17H11ClF2N6O/c18-7-4-11-12(5-10(7)21)24-16(23-11)15-13(6-22-26-15)25-17(27)14-8(19)2-1-3-9(14)20/h1-6H,21H2,(H,22,26)(H,23,24)(H,25,27)/p+1. The summed E-state index contributed by atoms with van der Waals surface area (Å²) in [7, 11) is 0. The highest BCUT2D eigenvalue weighted by molar-refractivity contribution is 6.33. The average molecular weight is 390 g/mol. The van der Waals surface area contributed by atoms with Gasteiger partial charge in [0.2, 0.25) is 0 Å². The number of halogens is 3. The van der Waals surface area contributed by atoms with E-state index in [1.54, 1.807) is 12.1 Å². The number of carbonyl (C=O) groups is 1. The number of nitrogens with one attached hydrogen (secondary N) is 4. The Morgan fingerprint density at radius 2 is 2.00 bits per heavy atom. The summed E-state index contributed by atoms with van der Waals surface area (Å²) in [6.45, 7) is 0. The second kappa shape index (κ2) is 6.36. The molecule has 136 valence electrons. The number of aromatic nitrogens is 4. The molecule has 2 aromatic heterocycles. The van der Waals surface area contributed by atoms with Gasteiger partial charge in [-0.25, -0.2) is 18.7 Å². The molecule has 0 aliphatic carbocycles.